The summed E-state index contributed by atoms with van der Waals surface area (Å²) in [5, 5.41) is 0.349. The third-order valence-corrected chi connectivity index (χ3v) is 2.27. The number of hydrogen-bond acceptors (Lipinski definition) is 3. The van der Waals surface area contributed by atoms with E-state index in [2.05, 4.69) is 9.72 Å². The van der Waals surface area contributed by atoms with Crippen molar-refractivity contribution in [2.75, 3.05) is 0 Å². The maximum Gasteiger partial charge on any atom is 0.298 e. The van der Waals surface area contributed by atoms with Gasteiger partial charge in [-0.2, -0.15) is 0 Å². The van der Waals surface area contributed by atoms with Gasteiger partial charge >= 0.3 is 0 Å². The average Bonchev–Trinajstić information content (AvgIpc) is 1.96. The van der Waals surface area contributed by atoms with E-state index in [9.17, 15) is 4.79 Å². The first-order valence-corrected chi connectivity index (χ1v) is 4.60. The molecule has 0 atom stereocenters. The molecule has 1 aromatic heterocycles. The number of halogens is 3. The van der Waals surface area contributed by atoms with Gasteiger partial charge in [0.05, 0.1) is 3.57 Å². The first kappa shape index (κ1) is 10.0. The van der Waals surface area contributed by atoms with Crippen LogP contribution in [0.5, 0.6) is 5.75 Å². The standard InChI is InChI=1S/C6H2Cl2INO2/c7-4-1-3(9)5(12-2-11)6(8)10-4/h1-2H. The van der Waals surface area contributed by atoms with Crippen molar-refractivity contribution in [3.8, 4) is 5.75 Å². The Morgan fingerprint density at radius 3 is 2.75 bits per heavy atom. The van der Waals surface area contributed by atoms with E-state index in [1.807, 2.05) is 22.6 Å². The van der Waals surface area contributed by atoms with Gasteiger partial charge in [-0.25, -0.2) is 4.98 Å². The molecular formula is C6H2Cl2INO2. The smallest absolute Gasteiger partial charge is 0.298 e. The van der Waals surface area contributed by atoms with Crippen LogP contribution < -0.4 is 4.74 Å². The highest BCUT2D eigenvalue weighted by Crippen LogP contribution is 2.29. The van der Waals surface area contributed by atoms with Gasteiger partial charge in [0, 0.05) is 0 Å². The molecule has 3 nitrogen and oxygen atoms in total. The van der Waals surface area contributed by atoms with Gasteiger partial charge in [0.2, 0.25) is 0 Å². The van der Waals surface area contributed by atoms with Crippen LogP contribution in [0.2, 0.25) is 10.3 Å². The number of pyridine rings is 1. The van der Waals surface area contributed by atoms with Gasteiger partial charge in [-0.05, 0) is 28.7 Å². The molecule has 0 N–H and O–H groups in total. The van der Waals surface area contributed by atoms with Crippen LogP contribution in [0.25, 0.3) is 0 Å². The molecule has 64 valence electrons. The number of rotatable bonds is 2. The number of ether oxygens (including phenoxy) is 1. The van der Waals surface area contributed by atoms with E-state index in [0.717, 1.165) is 0 Å². The predicted molar refractivity (Wildman–Crippen MR) is 53.7 cm³/mol. The molecule has 0 amide bonds. The largest absolute Gasteiger partial charge is 0.424 e. The van der Waals surface area contributed by atoms with Crippen molar-refractivity contribution >= 4 is 52.3 Å². The van der Waals surface area contributed by atoms with Crippen molar-refractivity contribution < 1.29 is 9.53 Å². The summed E-state index contributed by atoms with van der Waals surface area (Å²) >= 11 is 13.1. The van der Waals surface area contributed by atoms with Crippen LogP contribution in [0.3, 0.4) is 0 Å². The topological polar surface area (TPSA) is 39.2 Å². The van der Waals surface area contributed by atoms with Crippen LogP contribution in [0.15, 0.2) is 6.07 Å². The van der Waals surface area contributed by atoms with Gasteiger partial charge < -0.3 is 4.74 Å². The Kier molecular flexibility index (Phi) is 3.54. The third kappa shape index (κ3) is 2.21. The average molecular weight is 318 g/mol. The van der Waals surface area contributed by atoms with Gasteiger partial charge in [0.25, 0.3) is 6.47 Å². The Morgan fingerprint density at radius 1 is 1.58 bits per heavy atom. The fourth-order valence-electron chi connectivity index (χ4n) is 0.599. The molecule has 12 heavy (non-hydrogen) atoms. The van der Waals surface area contributed by atoms with E-state index in [4.69, 9.17) is 23.2 Å². The van der Waals surface area contributed by atoms with Crippen molar-refractivity contribution in [2.24, 2.45) is 0 Å². The Labute approximate surface area is 92.2 Å². The molecular weight excluding hydrogens is 316 g/mol. The molecule has 0 saturated carbocycles. The summed E-state index contributed by atoms with van der Waals surface area (Å²) in [5.41, 5.74) is 0. The summed E-state index contributed by atoms with van der Waals surface area (Å²) < 4.78 is 5.22. The quantitative estimate of drug-likeness (QED) is 0.478. The highest BCUT2D eigenvalue weighted by atomic mass is 127. The predicted octanol–water partition coefficient (Wildman–Crippen LogP) is 2.53. The van der Waals surface area contributed by atoms with E-state index in [-0.39, 0.29) is 16.1 Å². The van der Waals surface area contributed by atoms with E-state index in [1.54, 1.807) is 6.07 Å². The summed E-state index contributed by atoms with van der Waals surface area (Å²) in [6.45, 7) is 0.291. The lowest BCUT2D eigenvalue weighted by molar-refractivity contribution is -0.120. The zero-order chi connectivity index (χ0) is 9.14. The molecule has 0 aromatic carbocycles. The molecule has 0 spiro atoms. The lowest BCUT2D eigenvalue weighted by Crippen LogP contribution is -1.94. The summed E-state index contributed by atoms with van der Waals surface area (Å²) in [6.07, 6.45) is 0. The van der Waals surface area contributed by atoms with Crippen LogP contribution >= 0.6 is 45.8 Å². The van der Waals surface area contributed by atoms with Crippen LogP contribution in [-0.2, 0) is 4.79 Å². The first-order valence-electron chi connectivity index (χ1n) is 2.77. The molecule has 0 bridgehead atoms. The van der Waals surface area contributed by atoms with Crippen molar-refractivity contribution in [1.29, 1.82) is 0 Å². The first-order chi connectivity index (χ1) is 5.65. The minimum absolute atomic E-state index is 0.0824. The van der Waals surface area contributed by atoms with Crippen LogP contribution in [-0.4, -0.2) is 11.5 Å². The van der Waals surface area contributed by atoms with Gasteiger partial charge in [0.15, 0.2) is 10.9 Å². The number of carbonyl (C=O) groups excluding carboxylic acids is 1. The Balaban J connectivity index is 3.18. The van der Waals surface area contributed by atoms with Crippen molar-refractivity contribution in [2.45, 2.75) is 0 Å². The molecule has 0 radical (unpaired) electrons. The lowest BCUT2D eigenvalue weighted by Gasteiger charge is -2.02. The molecule has 1 aromatic rings. The molecule has 0 aliphatic heterocycles. The summed E-state index contributed by atoms with van der Waals surface area (Å²) in [4.78, 5) is 13.7. The summed E-state index contributed by atoms with van der Waals surface area (Å²) in [6, 6.07) is 1.55. The lowest BCUT2D eigenvalue weighted by atomic mass is 10.5. The molecule has 0 aliphatic rings. The van der Waals surface area contributed by atoms with Crippen LogP contribution in [0.4, 0.5) is 0 Å². The molecule has 0 unspecified atom stereocenters. The van der Waals surface area contributed by atoms with Crippen molar-refractivity contribution in [3.05, 3.63) is 19.9 Å². The van der Waals surface area contributed by atoms with Crippen molar-refractivity contribution in [1.82, 2.24) is 4.98 Å². The second kappa shape index (κ2) is 4.25. The van der Waals surface area contributed by atoms with E-state index in [0.29, 0.717) is 10.0 Å². The number of aromatic nitrogens is 1. The second-order valence-electron chi connectivity index (χ2n) is 1.76. The number of carbonyl (C=O) groups is 1. The van der Waals surface area contributed by atoms with Gasteiger partial charge in [-0.3, -0.25) is 4.79 Å². The maximum atomic E-state index is 10.0. The molecule has 0 aliphatic carbocycles. The zero-order valence-corrected chi connectivity index (χ0v) is 9.22. The summed E-state index contributed by atoms with van der Waals surface area (Å²) in [7, 11) is 0. The highest BCUT2D eigenvalue weighted by molar-refractivity contribution is 14.1. The fraction of sp³-hybridized carbons (Fsp3) is 0. The minimum Gasteiger partial charge on any atom is -0.424 e. The van der Waals surface area contributed by atoms with Gasteiger partial charge in [-0.1, -0.05) is 23.2 Å². The maximum absolute atomic E-state index is 10.0. The molecule has 0 saturated heterocycles. The van der Waals surface area contributed by atoms with Gasteiger partial charge in [0.1, 0.15) is 5.15 Å². The number of nitrogens with zero attached hydrogens (tertiary/aromatic N) is 1. The van der Waals surface area contributed by atoms with E-state index in [1.165, 1.54) is 0 Å². The van der Waals surface area contributed by atoms with Crippen LogP contribution in [0.1, 0.15) is 0 Å². The molecule has 1 rings (SSSR count). The molecule has 6 heteroatoms. The fourth-order valence-corrected chi connectivity index (χ4v) is 2.09. The Morgan fingerprint density at radius 2 is 2.25 bits per heavy atom. The van der Waals surface area contributed by atoms with Gasteiger partial charge in [-0.15, -0.1) is 0 Å². The normalized spacial score (nSPS) is 9.58. The minimum atomic E-state index is 0.0824. The second-order valence-corrected chi connectivity index (χ2v) is 3.67. The van der Waals surface area contributed by atoms with Crippen molar-refractivity contribution in [3.63, 3.8) is 0 Å². The molecule has 0 fully saturated rings. The Bertz CT molecular complexity index is 295. The Hall–Kier alpha value is -0.0700. The zero-order valence-electron chi connectivity index (χ0n) is 5.55. The third-order valence-electron chi connectivity index (χ3n) is 1.02. The molecule has 1 heterocycles. The van der Waals surface area contributed by atoms with Crippen LogP contribution in [0, 0.1) is 3.57 Å². The highest BCUT2D eigenvalue weighted by Gasteiger charge is 2.09. The van der Waals surface area contributed by atoms with E-state index >= 15 is 0 Å². The SMILES string of the molecule is O=COc1c(I)cc(Cl)nc1Cl. The monoisotopic (exact) mass is 317 g/mol. The number of hydrogen-bond donors (Lipinski definition) is 0. The van der Waals surface area contributed by atoms with E-state index < -0.39 is 0 Å². The summed E-state index contributed by atoms with van der Waals surface area (Å²) in [5.74, 6) is 0.233.